The lowest BCUT2D eigenvalue weighted by Crippen LogP contribution is -2.57. The molecule has 0 radical (unpaired) electrons. The number of benzene rings is 2. The lowest BCUT2D eigenvalue weighted by atomic mass is 9.86. The molecule has 1 aliphatic heterocycles. The summed E-state index contributed by atoms with van der Waals surface area (Å²) >= 11 is 5.94. The quantitative estimate of drug-likeness (QED) is 0.401. The number of fused-ring (bicyclic) bond motifs is 1. The van der Waals surface area contributed by atoms with Gasteiger partial charge in [-0.1, -0.05) is 24.6 Å². The van der Waals surface area contributed by atoms with Crippen molar-refractivity contribution in [1.82, 2.24) is 14.9 Å². The SMILES string of the molecule is CCC(=O)[C@H]1CCN1C1CCC(Oc2cc3c(Nc4cccc(Cl)c4F)ncnc3cc2OC)CC1. The molecule has 1 saturated heterocycles. The summed E-state index contributed by atoms with van der Waals surface area (Å²) in [4.78, 5) is 23.2. The van der Waals surface area contributed by atoms with Crippen LogP contribution in [0.5, 0.6) is 11.5 Å². The maximum Gasteiger partial charge on any atom is 0.165 e. The molecule has 3 aromatic rings. The van der Waals surface area contributed by atoms with E-state index in [9.17, 15) is 9.18 Å². The van der Waals surface area contributed by atoms with E-state index in [-0.39, 0.29) is 22.9 Å². The van der Waals surface area contributed by atoms with Gasteiger partial charge >= 0.3 is 0 Å². The second kappa shape index (κ2) is 10.6. The van der Waals surface area contributed by atoms with E-state index in [2.05, 4.69) is 20.2 Å². The number of likely N-dealkylation sites (tertiary alicyclic amines) is 1. The number of rotatable bonds is 8. The summed E-state index contributed by atoms with van der Waals surface area (Å²) in [5, 5.41) is 3.75. The normalized spacial score (nSPS) is 22.2. The number of anilines is 2. The van der Waals surface area contributed by atoms with Crippen LogP contribution in [0.2, 0.25) is 5.02 Å². The van der Waals surface area contributed by atoms with Gasteiger partial charge in [-0.2, -0.15) is 0 Å². The fourth-order valence-corrected chi connectivity index (χ4v) is 5.42. The first kappa shape index (κ1) is 24.7. The molecule has 0 bridgehead atoms. The first-order valence-corrected chi connectivity index (χ1v) is 12.8. The highest BCUT2D eigenvalue weighted by atomic mass is 35.5. The van der Waals surface area contributed by atoms with Gasteiger partial charge in [0.1, 0.15) is 17.9 Å². The van der Waals surface area contributed by atoms with Crippen LogP contribution < -0.4 is 14.8 Å². The van der Waals surface area contributed by atoms with Crippen LogP contribution in [0.3, 0.4) is 0 Å². The molecule has 1 atom stereocenters. The largest absolute Gasteiger partial charge is 0.493 e. The van der Waals surface area contributed by atoms with Crippen LogP contribution in [-0.2, 0) is 4.79 Å². The number of carbonyl (C=O) groups is 1. The molecule has 1 N–H and O–H groups in total. The second-order valence-electron chi connectivity index (χ2n) is 9.38. The van der Waals surface area contributed by atoms with E-state index >= 15 is 0 Å². The molecule has 1 aromatic heterocycles. The minimum atomic E-state index is -0.544. The standard InChI is InChI=1S/C27H30ClFN4O3/c1-3-23(34)22-11-12-33(22)16-7-9-17(10-8-16)36-25-13-18-21(14-24(25)35-2)30-15-31-27(18)32-20-6-4-5-19(28)26(20)29/h4-6,13-17,22H,3,7-12H2,1-2H3,(H,30,31,32)/t16?,17?,22-/m1/s1. The number of methoxy groups -OCH3 is 1. The molecule has 0 spiro atoms. The van der Waals surface area contributed by atoms with Crippen LogP contribution in [0.15, 0.2) is 36.7 Å². The summed E-state index contributed by atoms with van der Waals surface area (Å²) in [6.07, 6.45) is 6.84. The first-order valence-electron chi connectivity index (χ1n) is 12.5. The summed E-state index contributed by atoms with van der Waals surface area (Å²) in [5.41, 5.74) is 0.872. The minimum absolute atomic E-state index is 0.0308. The summed E-state index contributed by atoms with van der Waals surface area (Å²) in [6, 6.07) is 8.96. The molecule has 36 heavy (non-hydrogen) atoms. The van der Waals surface area contributed by atoms with Gasteiger partial charge in [-0.25, -0.2) is 14.4 Å². The van der Waals surface area contributed by atoms with Crippen molar-refractivity contribution in [3.63, 3.8) is 0 Å². The monoisotopic (exact) mass is 512 g/mol. The zero-order valence-corrected chi connectivity index (χ0v) is 21.2. The third-order valence-corrected chi connectivity index (χ3v) is 7.60. The molecule has 0 unspecified atom stereocenters. The number of ketones is 1. The Labute approximate surface area is 215 Å². The average molecular weight is 513 g/mol. The molecule has 0 amide bonds. The van der Waals surface area contributed by atoms with Crippen LogP contribution in [0.1, 0.15) is 45.4 Å². The van der Waals surface area contributed by atoms with E-state index in [4.69, 9.17) is 21.1 Å². The highest BCUT2D eigenvalue weighted by Gasteiger charge is 2.39. The van der Waals surface area contributed by atoms with E-state index < -0.39 is 5.82 Å². The van der Waals surface area contributed by atoms with Crippen molar-refractivity contribution in [2.24, 2.45) is 0 Å². The topological polar surface area (TPSA) is 76.6 Å². The van der Waals surface area contributed by atoms with E-state index in [0.717, 1.165) is 38.6 Å². The van der Waals surface area contributed by atoms with Gasteiger partial charge in [-0.15, -0.1) is 0 Å². The third kappa shape index (κ3) is 4.84. The predicted octanol–water partition coefficient (Wildman–Crippen LogP) is 5.92. The van der Waals surface area contributed by atoms with Crippen molar-refractivity contribution in [2.75, 3.05) is 19.0 Å². The number of ether oxygens (including phenoxy) is 2. The Balaban J connectivity index is 1.33. The van der Waals surface area contributed by atoms with Crippen molar-refractivity contribution in [1.29, 1.82) is 0 Å². The second-order valence-corrected chi connectivity index (χ2v) is 9.79. The Bertz CT molecular complexity index is 1270. The molecule has 2 fully saturated rings. The highest BCUT2D eigenvalue weighted by Crippen LogP contribution is 2.38. The van der Waals surface area contributed by atoms with Crippen LogP contribution >= 0.6 is 11.6 Å². The van der Waals surface area contributed by atoms with Gasteiger partial charge in [0, 0.05) is 30.5 Å². The Kier molecular flexibility index (Phi) is 7.25. The molecule has 9 heteroatoms. The van der Waals surface area contributed by atoms with Gasteiger partial charge in [-0.3, -0.25) is 9.69 Å². The zero-order valence-electron chi connectivity index (χ0n) is 20.5. The minimum Gasteiger partial charge on any atom is -0.493 e. The van der Waals surface area contributed by atoms with Crippen molar-refractivity contribution in [3.8, 4) is 11.5 Å². The molecule has 190 valence electrons. The molecular formula is C27H30ClFN4O3. The summed E-state index contributed by atoms with van der Waals surface area (Å²) in [7, 11) is 1.60. The number of hydrogen-bond donors (Lipinski definition) is 1. The number of nitrogens with zero attached hydrogens (tertiary/aromatic N) is 3. The van der Waals surface area contributed by atoms with Crippen molar-refractivity contribution >= 4 is 39.8 Å². The number of Topliss-reactive ketones (excluding diaryl/α,β-unsaturated/α-hetero) is 1. The lowest BCUT2D eigenvalue weighted by molar-refractivity contribution is -0.131. The summed E-state index contributed by atoms with van der Waals surface area (Å²) in [5.74, 6) is 1.43. The van der Waals surface area contributed by atoms with E-state index in [1.807, 2.05) is 13.0 Å². The van der Waals surface area contributed by atoms with Gasteiger partial charge in [0.2, 0.25) is 0 Å². The van der Waals surface area contributed by atoms with Gasteiger partial charge < -0.3 is 14.8 Å². The number of halogens is 2. The third-order valence-electron chi connectivity index (χ3n) is 7.31. The molecule has 1 saturated carbocycles. The first-order chi connectivity index (χ1) is 17.5. The van der Waals surface area contributed by atoms with Crippen LogP contribution in [0.25, 0.3) is 10.9 Å². The van der Waals surface area contributed by atoms with Gasteiger partial charge in [0.15, 0.2) is 17.3 Å². The van der Waals surface area contributed by atoms with Crippen molar-refractivity contribution in [2.45, 2.75) is 63.6 Å². The van der Waals surface area contributed by atoms with E-state index in [1.165, 1.54) is 12.4 Å². The molecule has 7 nitrogen and oxygen atoms in total. The summed E-state index contributed by atoms with van der Waals surface area (Å²) in [6.45, 7) is 2.95. The number of aromatic nitrogens is 2. The van der Waals surface area contributed by atoms with Crippen molar-refractivity contribution < 1.29 is 18.7 Å². The van der Waals surface area contributed by atoms with Gasteiger partial charge in [0.25, 0.3) is 0 Å². The average Bonchev–Trinajstić information content (AvgIpc) is 2.87. The van der Waals surface area contributed by atoms with Crippen molar-refractivity contribution in [3.05, 3.63) is 47.5 Å². The predicted molar refractivity (Wildman–Crippen MR) is 138 cm³/mol. The lowest BCUT2D eigenvalue weighted by Gasteiger charge is -2.47. The molecule has 2 heterocycles. The Morgan fingerprint density at radius 1 is 1.17 bits per heavy atom. The fourth-order valence-electron chi connectivity index (χ4n) is 5.24. The number of carbonyl (C=O) groups excluding carboxylic acids is 1. The van der Waals surface area contributed by atoms with E-state index in [0.29, 0.717) is 46.5 Å². The Morgan fingerprint density at radius 2 is 1.97 bits per heavy atom. The zero-order chi connectivity index (χ0) is 25.2. The molecule has 2 aliphatic rings. The maximum atomic E-state index is 14.5. The Hall–Kier alpha value is -2.97. The number of hydrogen-bond acceptors (Lipinski definition) is 7. The molecular weight excluding hydrogens is 483 g/mol. The molecule has 1 aliphatic carbocycles. The Morgan fingerprint density at radius 3 is 2.67 bits per heavy atom. The summed E-state index contributed by atoms with van der Waals surface area (Å²) < 4.78 is 26.5. The van der Waals surface area contributed by atoms with E-state index in [1.54, 1.807) is 25.3 Å². The molecule has 5 rings (SSSR count). The maximum absolute atomic E-state index is 14.5. The van der Waals surface area contributed by atoms with Gasteiger partial charge in [0.05, 0.1) is 35.5 Å². The van der Waals surface area contributed by atoms with Crippen LogP contribution in [-0.4, -0.2) is 52.5 Å². The fraction of sp³-hybridized carbons (Fsp3) is 0.444. The smallest absolute Gasteiger partial charge is 0.165 e. The van der Waals surface area contributed by atoms with Crippen LogP contribution in [0.4, 0.5) is 15.9 Å². The molecule has 2 aromatic carbocycles. The van der Waals surface area contributed by atoms with Crippen LogP contribution in [0, 0.1) is 5.82 Å². The van der Waals surface area contributed by atoms with Gasteiger partial charge in [-0.05, 0) is 50.3 Å². The number of nitrogens with one attached hydrogen (secondary N) is 1. The highest BCUT2D eigenvalue weighted by molar-refractivity contribution is 6.31.